The third-order valence-electron chi connectivity index (χ3n) is 1.63. The summed E-state index contributed by atoms with van der Waals surface area (Å²) in [6.45, 7) is 4.35. The van der Waals surface area contributed by atoms with Crippen LogP contribution in [0.25, 0.3) is 0 Å². The predicted molar refractivity (Wildman–Crippen MR) is 50.7 cm³/mol. The van der Waals surface area contributed by atoms with Crippen molar-refractivity contribution in [3.05, 3.63) is 0 Å². The minimum Gasteiger partial charge on any atom is -0.304 e. The number of thioether (sulfide) groups is 1. The fraction of sp³-hybridized carbons (Fsp3) is 0.875. The molecule has 0 bridgehead atoms. The van der Waals surface area contributed by atoms with Gasteiger partial charge in [0.2, 0.25) is 0 Å². The Bertz CT molecular complexity index is 131. The van der Waals surface area contributed by atoms with Gasteiger partial charge in [0.15, 0.2) is 0 Å². The summed E-state index contributed by atoms with van der Waals surface area (Å²) in [7, 11) is 1.82. The van der Waals surface area contributed by atoms with E-state index in [1.54, 1.807) is 0 Å². The van der Waals surface area contributed by atoms with Crippen LogP contribution in [0.1, 0.15) is 20.3 Å². The number of nitrogens with zero attached hydrogens (tertiary/aromatic N) is 1. The first kappa shape index (κ1) is 10.8. The van der Waals surface area contributed by atoms with Gasteiger partial charge < -0.3 is 5.32 Å². The quantitative estimate of drug-likeness (QED) is 0.684. The summed E-state index contributed by atoms with van der Waals surface area (Å²) in [4.78, 5) is 0. The van der Waals surface area contributed by atoms with Gasteiger partial charge >= 0.3 is 0 Å². The van der Waals surface area contributed by atoms with Crippen molar-refractivity contribution in [3.8, 4) is 6.07 Å². The number of hydrogen-bond donors (Lipinski definition) is 1. The van der Waals surface area contributed by atoms with Gasteiger partial charge in [0.05, 0.1) is 6.07 Å². The zero-order valence-electron chi connectivity index (χ0n) is 7.42. The monoisotopic (exact) mass is 172 g/mol. The second kappa shape index (κ2) is 6.51. The zero-order chi connectivity index (χ0) is 8.69. The van der Waals surface area contributed by atoms with Gasteiger partial charge in [0, 0.05) is 11.0 Å². The molecule has 0 aliphatic rings. The van der Waals surface area contributed by atoms with Gasteiger partial charge in [-0.1, -0.05) is 13.8 Å². The topological polar surface area (TPSA) is 35.8 Å². The lowest BCUT2D eigenvalue weighted by Crippen LogP contribution is -2.26. The van der Waals surface area contributed by atoms with E-state index in [0.29, 0.717) is 5.25 Å². The van der Waals surface area contributed by atoms with Crippen LogP contribution in [-0.4, -0.2) is 24.1 Å². The van der Waals surface area contributed by atoms with E-state index in [1.165, 1.54) is 6.42 Å². The summed E-state index contributed by atoms with van der Waals surface area (Å²) in [6.07, 6.45) is 1.17. The molecule has 64 valence electrons. The molecule has 0 aliphatic carbocycles. The molecular formula is C8H16N2S. The molecule has 2 nitrogen and oxygen atoms in total. The Labute approximate surface area is 73.4 Å². The SMILES string of the molecule is CCC(C)SCC(C#N)NC. The summed E-state index contributed by atoms with van der Waals surface area (Å²) in [5, 5.41) is 12.2. The normalized spacial score (nSPS) is 15.5. The van der Waals surface area contributed by atoms with E-state index in [2.05, 4.69) is 25.2 Å². The fourth-order valence-corrected chi connectivity index (χ4v) is 1.56. The van der Waals surface area contributed by atoms with Crippen LogP contribution in [0.3, 0.4) is 0 Å². The Balaban J connectivity index is 3.44. The molecule has 3 heteroatoms. The summed E-state index contributed by atoms with van der Waals surface area (Å²) in [5.74, 6) is 0.891. The Kier molecular flexibility index (Phi) is 6.39. The maximum absolute atomic E-state index is 8.59. The maximum Gasteiger partial charge on any atom is 0.104 e. The molecule has 0 aromatic carbocycles. The van der Waals surface area contributed by atoms with Gasteiger partial charge in [-0.3, -0.25) is 0 Å². The van der Waals surface area contributed by atoms with Crippen molar-refractivity contribution in [1.82, 2.24) is 5.32 Å². The van der Waals surface area contributed by atoms with Crippen LogP contribution >= 0.6 is 11.8 Å². The molecule has 0 spiro atoms. The molecule has 0 saturated heterocycles. The van der Waals surface area contributed by atoms with Gasteiger partial charge in [-0.2, -0.15) is 17.0 Å². The average molecular weight is 172 g/mol. The minimum absolute atomic E-state index is 0.00833. The molecule has 0 heterocycles. The van der Waals surface area contributed by atoms with Crippen LogP contribution in [0.15, 0.2) is 0 Å². The largest absolute Gasteiger partial charge is 0.304 e. The highest BCUT2D eigenvalue weighted by molar-refractivity contribution is 7.99. The highest BCUT2D eigenvalue weighted by Crippen LogP contribution is 2.13. The molecule has 0 radical (unpaired) electrons. The highest BCUT2D eigenvalue weighted by atomic mass is 32.2. The molecule has 2 atom stereocenters. The summed E-state index contributed by atoms with van der Waals surface area (Å²) in [6, 6.07) is 2.21. The standard InChI is InChI=1S/C8H16N2S/c1-4-7(2)11-6-8(5-9)10-3/h7-8,10H,4,6H2,1-3H3. The number of hydrogen-bond acceptors (Lipinski definition) is 3. The summed E-state index contributed by atoms with van der Waals surface area (Å²) in [5.41, 5.74) is 0. The molecule has 11 heavy (non-hydrogen) atoms. The third-order valence-corrected chi connectivity index (χ3v) is 3.05. The lowest BCUT2D eigenvalue weighted by molar-refractivity contribution is 0.747. The maximum atomic E-state index is 8.59. The molecular weight excluding hydrogens is 156 g/mol. The van der Waals surface area contributed by atoms with E-state index in [4.69, 9.17) is 5.26 Å². The van der Waals surface area contributed by atoms with E-state index in [-0.39, 0.29) is 6.04 Å². The zero-order valence-corrected chi connectivity index (χ0v) is 8.24. The van der Waals surface area contributed by atoms with E-state index in [0.717, 1.165) is 5.75 Å². The van der Waals surface area contributed by atoms with E-state index in [9.17, 15) is 0 Å². The van der Waals surface area contributed by atoms with E-state index < -0.39 is 0 Å². The van der Waals surface area contributed by atoms with Gasteiger partial charge in [-0.25, -0.2) is 0 Å². The average Bonchev–Trinajstić information content (AvgIpc) is 2.06. The molecule has 0 amide bonds. The van der Waals surface area contributed by atoms with Crippen molar-refractivity contribution in [3.63, 3.8) is 0 Å². The summed E-state index contributed by atoms with van der Waals surface area (Å²) >= 11 is 1.85. The van der Waals surface area contributed by atoms with E-state index >= 15 is 0 Å². The van der Waals surface area contributed by atoms with Crippen molar-refractivity contribution < 1.29 is 0 Å². The molecule has 0 saturated carbocycles. The van der Waals surface area contributed by atoms with Crippen LogP contribution in [0.5, 0.6) is 0 Å². The van der Waals surface area contributed by atoms with Crippen LogP contribution < -0.4 is 5.32 Å². The lowest BCUT2D eigenvalue weighted by Gasteiger charge is -2.10. The first-order valence-corrected chi connectivity index (χ1v) is 4.98. The van der Waals surface area contributed by atoms with Gasteiger partial charge in [0.1, 0.15) is 6.04 Å². The Morgan fingerprint density at radius 3 is 2.64 bits per heavy atom. The molecule has 0 aromatic heterocycles. The van der Waals surface area contributed by atoms with Crippen molar-refractivity contribution in [2.45, 2.75) is 31.6 Å². The van der Waals surface area contributed by atoms with Crippen molar-refractivity contribution >= 4 is 11.8 Å². The summed E-state index contributed by atoms with van der Waals surface area (Å²) < 4.78 is 0. The molecule has 2 unspecified atom stereocenters. The van der Waals surface area contributed by atoms with Crippen molar-refractivity contribution in [1.29, 1.82) is 5.26 Å². The fourth-order valence-electron chi connectivity index (χ4n) is 0.563. The predicted octanol–water partition coefficient (Wildman–Crippen LogP) is 1.63. The van der Waals surface area contributed by atoms with Crippen molar-refractivity contribution in [2.75, 3.05) is 12.8 Å². The van der Waals surface area contributed by atoms with Crippen LogP contribution in [0.2, 0.25) is 0 Å². The van der Waals surface area contributed by atoms with Crippen molar-refractivity contribution in [2.24, 2.45) is 0 Å². The second-order valence-corrected chi connectivity index (χ2v) is 3.99. The smallest absolute Gasteiger partial charge is 0.104 e. The number of nitrogens with one attached hydrogen (secondary N) is 1. The molecule has 0 fully saturated rings. The molecule has 0 aromatic rings. The third kappa shape index (κ3) is 5.11. The number of nitriles is 1. The van der Waals surface area contributed by atoms with Crippen LogP contribution in [-0.2, 0) is 0 Å². The van der Waals surface area contributed by atoms with Gasteiger partial charge in [0.25, 0.3) is 0 Å². The Hall–Kier alpha value is -0.200. The highest BCUT2D eigenvalue weighted by Gasteiger charge is 2.05. The second-order valence-electron chi connectivity index (χ2n) is 2.52. The first-order chi connectivity index (χ1) is 5.24. The molecule has 1 N–H and O–H groups in total. The lowest BCUT2D eigenvalue weighted by atomic mass is 10.4. The first-order valence-electron chi connectivity index (χ1n) is 3.93. The van der Waals surface area contributed by atoms with E-state index in [1.807, 2.05) is 18.8 Å². The molecule has 0 rings (SSSR count). The number of rotatable bonds is 5. The molecule has 0 aliphatic heterocycles. The Morgan fingerprint density at radius 1 is 1.64 bits per heavy atom. The van der Waals surface area contributed by atoms with Gasteiger partial charge in [-0.05, 0) is 13.5 Å². The van der Waals surface area contributed by atoms with Crippen LogP contribution in [0, 0.1) is 11.3 Å². The minimum atomic E-state index is 0.00833. The van der Waals surface area contributed by atoms with Crippen LogP contribution in [0.4, 0.5) is 0 Å². The van der Waals surface area contributed by atoms with Gasteiger partial charge in [-0.15, -0.1) is 0 Å². The Morgan fingerprint density at radius 2 is 2.27 bits per heavy atom.